The predicted molar refractivity (Wildman–Crippen MR) is 89.5 cm³/mol. The third-order valence-electron chi connectivity index (χ3n) is 3.90. The minimum Gasteiger partial charge on any atom is -0.506 e. The predicted octanol–water partition coefficient (Wildman–Crippen LogP) is 4.82. The first kappa shape index (κ1) is 14.5. The number of ether oxygens (including phenoxy) is 1. The standard InChI is InChI=1S/C19H21NO2/c1-13(2)20-16(11-15-8-6-9-17(21)19(15)20)12-22-18-10-5-4-7-14(18)3/h4-11,13,21H,12H2,1-3H3. The molecule has 2 aromatic carbocycles. The average molecular weight is 295 g/mol. The molecule has 22 heavy (non-hydrogen) atoms. The molecule has 3 nitrogen and oxygen atoms in total. The lowest BCUT2D eigenvalue weighted by molar-refractivity contribution is 0.291. The largest absolute Gasteiger partial charge is 0.506 e. The third kappa shape index (κ3) is 2.54. The lowest BCUT2D eigenvalue weighted by atomic mass is 10.2. The fraction of sp³-hybridized carbons (Fsp3) is 0.263. The van der Waals surface area contributed by atoms with E-state index in [1.165, 1.54) is 0 Å². The lowest BCUT2D eigenvalue weighted by Crippen LogP contribution is -2.08. The normalized spacial score (nSPS) is 11.3. The number of rotatable bonds is 4. The summed E-state index contributed by atoms with van der Waals surface area (Å²) in [6, 6.07) is 16.0. The van der Waals surface area contributed by atoms with Crippen molar-refractivity contribution < 1.29 is 9.84 Å². The van der Waals surface area contributed by atoms with Gasteiger partial charge in [-0.2, -0.15) is 0 Å². The van der Waals surface area contributed by atoms with Crippen LogP contribution in [0.1, 0.15) is 31.1 Å². The summed E-state index contributed by atoms with van der Waals surface area (Å²) in [5, 5.41) is 11.2. The van der Waals surface area contributed by atoms with Crippen molar-refractivity contribution >= 4 is 10.9 Å². The van der Waals surface area contributed by atoms with E-state index in [0.717, 1.165) is 27.9 Å². The zero-order chi connectivity index (χ0) is 15.7. The Bertz CT molecular complexity index is 802. The third-order valence-corrected chi connectivity index (χ3v) is 3.90. The van der Waals surface area contributed by atoms with E-state index in [1.54, 1.807) is 6.07 Å². The fourth-order valence-electron chi connectivity index (χ4n) is 2.89. The van der Waals surface area contributed by atoms with Gasteiger partial charge in [-0.1, -0.05) is 30.3 Å². The van der Waals surface area contributed by atoms with Gasteiger partial charge in [0.25, 0.3) is 0 Å². The molecular formula is C19H21NO2. The van der Waals surface area contributed by atoms with Crippen molar-refractivity contribution in [3.63, 3.8) is 0 Å². The van der Waals surface area contributed by atoms with Gasteiger partial charge < -0.3 is 14.4 Å². The van der Waals surface area contributed by atoms with Crippen LogP contribution < -0.4 is 4.74 Å². The topological polar surface area (TPSA) is 34.4 Å². The number of hydrogen-bond donors (Lipinski definition) is 1. The zero-order valence-electron chi connectivity index (χ0n) is 13.2. The Hall–Kier alpha value is -2.42. The molecule has 0 aliphatic carbocycles. The first-order chi connectivity index (χ1) is 10.6. The van der Waals surface area contributed by atoms with Gasteiger partial charge in [-0.25, -0.2) is 0 Å². The molecule has 0 saturated heterocycles. The first-order valence-corrected chi connectivity index (χ1v) is 7.58. The van der Waals surface area contributed by atoms with Crippen LogP contribution in [0.2, 0.25) is 0 Å². The molecule has 0 saturated carbocycles. The molecule has 0 bridgehead atoms. The van der Waals surface area contributed by atoms with Crippen molar-refractivity contribution in [2.45, 2.75) is 33.4 Å². The van der Waals surface area contributed by atoms with Crippen LogP contribution >= 0.6 is 0 Å². The Morgan fingerprint density at radius 1 is 1.09 bits per heavy atom. The second-order valence-electron chi connectivity index (χ2n) is 5.87. The molecule has 3 heteroatoms. The summed E-state index contributed by atoms with van der Waals surface area (Å²) in [4.78, 5) is 0. The molecule has 3 aromatic rings. The van der Waals surface area contributed by atoms with E-state index in [-0.39, 0.29) is 6.04 Å². The Labute approximate surface area is 130 Å². The van der Waals surface area contributed by atoms with Gasteiger partial charge in [0.1, 0.15) is 18.1 Å². The molecular weight excluding hydrogens is 274 g/mol. The lowest BCUT2D eigenvalue weighted by Gasteiger charge is -2.16. The van der Waals surface area contributed by atoms with E-state index in [9.17, 15) is 5.11 Å². The average Bonchev–Trinajstić information content (AvgIpc) is 2.86. The molecule has 0 fully saturated rings. The Kier molecular flexibility index (Phi) is 3.80. The molecule has 0 spiro atoms. The van der Waals surface area contributed by atoms with Crippen LogP contribution in [0.3, 0.4) is 0 Å². The van der Waals surface area contributed by atoms with E-state index >= 15 is 0 Å². The van der Waals surface area contributed by atoms with E-state index < -0.39 is 0 Å². The maximum absolute atomic E-state index is 10.2. The van der Waals surface area contributed by atoms with Crippen molar-refractivity contribution in [2.75, 3.05) is 0 Å². The number of aromatic nitrogens is 1. The molecule has 0 radical (unpaired) electrons. The van der Waals surface area contributed by atoms with Gasteiger partial charge in [-0.3, -0.25) is 0 Å². The molecule has 0 unspecified atom stereocenters. The van der Waals surface area contributed by atoms with Gasteiger partial charge >= 0.3 is 0 Å². The monoisotopic (exact) mass is 295 g/mol. The molecule has 0 atom stereocenters. The zero-order valence-corrected chi connectivity index (χ0v) is 13.2. The number of aromatic hydroxyl groups is 1. The van der Waals surface area contributed by atoms with Gasteiger partial charge in [0.2, 0.25) is 0 Å². The number of fused-ring (bicyclic) bond motifs is 1. The number of benzene rings is 2. The molecule has 0 amide bonds. The summed E-state index contributed by atoms with van der Waals surface area (Å²) >= 11 is 0. The highest BCUT2D eigenvalue weighted by Gasteiger charge is 2.15. The van der Waals surface area contributed by atoms with Gasteiger partial charge in [0.05, 0.1) is 11.2 Å². The molecule has 1 N–H and O–H groups in total. The summed E-state index contributed by atoms with van der Waals surface area (Å²) in [5.41, 5.74) is 3.06. The molecule has 3 rings (SSSR count). The number of phenolic OH excluding ortho intramolecular Hbond substituents is 1. The van der Waals surface area contributed by atoms with Crippen LogP contribution in [0.4, 0.5) is 0 Å². The highest BCUT2D eigenvalue weighted by molar-refractivity contribution is 5.86. The number of aryl methyl sites for hydroxylation is 1. The quantitative estimate of drug-likeness (QED) is 0.749. The number of hydrogen-bond acceptors (Lipinski definition) is 2. The minimum absolute atomic E-state index is 0.251. The highest BCUT2D eigenvalue weighted by atomic mass is 16.5. The van der Waals surface area contributed by atoms with Crippen molar-refractivity contribution in [2.24, 2.45) is 0 Å². The maximum atomic E-state index is 10.2. The van der Waals surface area contributed by atoms with Crippen LogP contribution in [0.25, 0.3) is 10.9 Å². The van der Waals surface area contributed by atoms with Crippen LogP contribution in [0.5, 0.6) is 11.5 Å². The van der Waals surface area contributed by atoms with E-state index in [0.29, 0.717) is 12.4 Å². The molecule has 0 aliphatic rings. The summed E-state index contributed by atoms with van der Waals surface area (Å²) in [5.74, 6) is 1.21. The number of para-hydroxylation sites is 2. The van der Waals surface area contributed by atoms with E-state index in [1.807, 2.05) is 43.3 Å². The Morgan fingerprint density at radius 2 is 1.86 bits per heavy atom. The minimum atomic E-state index is 0.251. The Morgan fingerprint density at radius 3 is 2.59 bits per heavy atom. The molecule has 0 aliphatic heterocycles. The number of nitrogens with zero attached hydrogens (tertiary/aromatic N) is 1. The van der Waals surface area contributed by atoms with Crippen LogP contribution in [0.15, 0.2) is 48.5 Å². The molecule has 114 valence electrons. The molecule has 1 aromatic heterocycles. The smallest absolute Gasteiger partial charge is 0.139 e. The van der Waals surface area contributed by atoms with Crippen molar-refractivity contribution in [1.82, 2.24) is 4.57 Å². The Balaban J connectivity index is 1.99. The van der Waals surface area contributed by atoms with Gasteiger partial charge in [0.15, 0.2) is 0 Å². The fourth-order valence-corrected chi connectivity index (χ4v) is 2.89. The summed E-state index contributed by atoms with van der Waals surface area (Å²) in [6.45, 7) is 6.75. The van der Waals surface area contributed by atoms with Crippen molar-refractivity contribution in [1.29, 1.82) is 0 Å². The van der Waals surface area contributed by atoms with Gasteiger partial charge in [0, 0.05) is 11.4 Å². The summed E-state index contributed by atoms with van der Waals surface area (Å²) in [7, 11) is 0. The summed E-state index contributed by atoms with van der Waals surface area (Å²) in [6.07, 6.45) is 0. The van der Waals surface area contributed by atoms with Crippen LogP contribution in [-0.2, 0) is 6.61 Å². The summed E-state index contributed by atoms with van der Waals surface area (Å²) < 4.78 is 8.12. The van der Waals surface area contributed by atoms with Crippen LogP contribution in [-0.4, -0.2) is 9.67 Å². The highest BCUT2D eigenvalue weighted by Crippen LogP contribution is 2.31. The van der Waals surface area contributed by atoms with Crippen molar-refractivity contribution in [3.05, 3.63) is 59.8 Å². The van der Waals surface area contributed by atoms with Gasteiger partial charge in [-0.15, -0.1) is 0 Å². The van der Waals surface area contributed by atoms with E-state index in [4.69, 9.17) is 4.74 Å². The van der Waals surface area contributed by atoms with Crippen molar-refractivity contribution in [3.8, 4) is 11.5 Å². The number of phenols is 1. The molecule has 1 heterocycles. The van der Waals surface area contributed by atoms with Gasteiger partial charge in [-0.05, 0) is 44.5 Å². The van der Waals surface area contributed by atoms with Crippen LogP contribution in [0, 0.1) is 6.92 Å². The SMILES string of the molecule is Cc1ccccc1OCc1cc2cccc(O)c2n1C(C)C. The second-order valence-corrected chi connectivity index (χ2v) is 5.87. The first-order valence-electron chi connectivity index (χ1n) is 7.58. The maximum Gasteiger partial charge on any atom is 0.139 e. The van der Waals surface area contributed by atoms with E-state index in [2.05, 4.69) is 24.5 Å². The second kappa shape index (κ2) is 5.76.